The van der Waals surface area contributed by atoms with Crippen LogP contribution in [0.3, 0.4) is 0 Å². The highest BCUT2D eigenvalue weighted by molar-refractivity contribution is 7.92. The number of benzene rings is 1. The van der Waals surface area contributed by atoms with E-state index in [-0.39, 0.29) is 21.4 Å². The van der Waals surface area contributed by atoms with E-state index in [0.717, 1.165) is 25.2 Å². The fourth-order valence-electron chi connectivity index (χ4n) is 2.69. The maximum Gasteiger partial charge on any atom is 0.279 e. The van der Waals surface area contributed by atoms with Crippen LogP contribution in [0.4, 0.5) is 8.78 Å². The summed E-state index contributed by atoms with van der Waals surface area (Å²) in [5.74, 6) is -3.18. The van der Waals surface area contributed by atoms with Crippen LogP contribution in [0.25, 0.3) is 0 Å². The molecule has 6 nitrogen and oxygen atoms in total. The van der Waals surface area contributed by atoms with Crippen LogP contribution in [0.2, 0.25) is 0 Å². The molecule has 0 spiro atoms. The van der Waals surface area contributed by atoms with Gasteiger partial charge in [0.1, 0.15) is 10.6 Å². The first-order valence-electron chi connectivity index (χ1n) is 9.26. The van der Waals surface area contributed by atoms with Crippen molar-refractivity contribution in [2.24, 2.45) is 5.92 Å². The summed E-state index contributed by atoms with van der Waals surface area (Å²) >= 11 is 0.654. The average molecular weight is 457 g/mol. The number of para-hydroxylation sites is 1. The predicted octanol–water partition coefficient (Wildman–Crippen LogP) is 4.22. The van der Waals surface area contributed by atoms with E-state index in [4.69, 9.17) is 4.74 Å². The van der Waals surface area contributed by atoms with Gasteiger partial charge in [-0.1, -0.05) is 18.2 Å². The first-order valence-corrected chi connectivity index (χ1v) is 11.6. The molecule has 0 unspecified atom stereocenters. The van der Waals surface area contributed by atoms with Crippen molar-refractivity contribution in [1.82, 2.24) is 10.0 Å². The molecule has 1 aliphatic rings. The van der Waals surface area contributed by atoms with Gasteiger partial charge in [-0.2, -0.15) is 0 Å². The summed E-state index contributed by atoms with van der Waals surface area (Å²) in [5.41, 5.74) is 0. The summed E-state index contributed by atoms with van der Waals surface area (Å²) in [4.78, 5) is 12.6. The normalized spacial score (nSPS) is 15.9. The molecule has 1 amide bonds. The molecule has 1 aromatic carbocycles. The van der Waals surface area contributed by atoms with Crippen LogP contribution in [0, 0.1) is 5.92 Å². The van der Waals surface area contributed by atoms with Crippen molar-refractivity contribution in [3.8, 4) is 11.5 Å². The highest BCUT2D eigenvalue weighted by Gasteiger charge is 2.34. The molecule has 1 aromatic heterocycles. The van der Waals surface area contributed by atoms with Gasteiger partial charge in [-0.15, -0.1) is 11.3 Å². The minimum atomic E-state index is -3.59. The van der Waals surface area contributed by atoms with Crippen molar-refractivity contribution in [3.05, 3.63) is 57.6 Å². The van der Waals surface area contributed by atoms with Gasteiger partial charge in [0.05, 0.1) is 10.9 Å². The zero-order valence-electron chi connectivity index (χ0n) is 16.4. The van der Waals surface area contributed by atoms with Crippen molar-refractivity contribution in [2.45, 2.75) is 31.7 Å². The van der Waals surface area contributed by atoms with Gasteiger partial charge in [-0.25, -0.2) is 21.9 Å². The molecule has 1 heterocycles. The SMILES string of the molecule is CNS(=O)(=O)/C=C/[C@@H](NC(=O)c1sc(C(C)(F)F)cc1Oc1ccccc1)C1CC1. The van der Waals surface area contributed by atoms with E-state index >= 15 is 0 Å². The van der Waals surface area contributed by atoms with E-state index in [9.17, 15) is 22.0 Å². The van der Waals surface area contributed by atoms with Crippen molar-refractivity contribution in [1.29, 1.82) is 0 Å². The Balaban J connectivity index is 1.87. The second kappa shape index (κ2) is 8.83. The number of halogens is 2. The maximum atomic E-state index is 13.9. The van der Waals surface area contributed by atoms with E-state index in [1.54, 1.807) is 30.3 Å². The minimum absolute atomic E-state index is 0.00546. The highest BCUT2D eigenvalue weighted by atomic mass is 32.2. The number of amides is 1. The Labute approximate surface area is 178 Å². The Bertz CT molecular complexity index is 1030. The smallest absolute Gasteiger partial charge is 0.279 e. The number of nitrogens with one attached hydrogen (secondary N) is 2. The summed E-state index contributed by atoms with van der Waals surface area (Å²) in [5, 5.41) is 3.75. The Kier molecular flexibility index (Phi) is 6.59. The zero-order chi connectivity index (χ0) is 21.9. The molecule has 2 N–H and O–H groups in total. The second-order valence-electron chi connectivity index (χ2n) is 7.02. The average Bonchev–Trinajstić information content (AvgIpc) is 3.44. The molecule has 1 saturated carbocycles. The van der Waals surface area contributed by atoms with Gasteiger partial charge in [0.25, 0.3) is 11.8 Å². The number of hydrogen-bond donors (Lipinski definition) is 2. The van der Waals surface area contributed by atoms with Crippen LogP contribution in [-0.2, 0) is 15.9 Å². The number of carbonyl (C=O) groups excluding carboxylic acids is 1. The van der Waals surface area contributed by atoms with Gasteiger partial charge in [0, 0.05) is 18.4 Å². The van der Waals surface area contributed by atoms with E-state index < -0.39 is 27.9 Å². The second-order valence-corrected chi connectivity index (χ2v) is 9.84. The number of alkyl halides is 2. The molecule has 0 saturated heterocycles. The van der Waals surface area contributed by atoms with Crippen LogP contribution < -0.4 is 14.8 Å². The molecular formula is C20H22F2N2O4S2. The number of thiophene rings is 1. The summed E-state index contributed by atoms with van der Waals surface area (Å²) in [6, 6.07) is 9.19. The molecule has 30 heavy (non-hydrogen) atoms. The molecule has 0 radical (unpaired) electrons. The van der Waals surface area contributed by atoms with Crippen molar-refractivity contribution >= 4 is 27.3 Å². The summed E-state index contributed by atoms with van der Waals surface area (Å²) in [7, 11) is -2.30. The molecule has 0 aliphatic heterocycles. The lowest BCUT2D eigenvalue weighted by atomic mass is 10.2. The molecule has 0 bridgehead atoms. The van der Waals surface area contributed by atoms with Gasteiger partial charge in [0.2, 0.25) is 10.0 Å². The molecular weight excluding hydrogens is 434 g/mol. The molecule has 1 fully saturated rings. The van der Waals surface area contributed by atoms with Crippen LogP contribution >= 0.6 is 11.3 Å². The Hall–Kier alpha value is -2.30. The van der Waals surface area contributed by atoms with Crippen LogP contribution in [0.15, 0.2) is 47.9 Å². The van der Waals surface area contributed by atoms with Gasteiger partial charge in [0.15, 0.2) is 5.75 Å². The number of sulfonamides is 1. The first-order chi connectivity index (χ1) is 14.1. The van der Waals surface area contributed by atoms with Gasteiger partial charge in [-0.3, -0.25) is 4.79 Å². The standard InChI is InChI=1S/C20H22F2N2O4S2/c1-20(21,22)17-12-16(28-14-6-4-3-5-7-14)18(29-17)19(25)24-15(13-8-9-13)10-11-30(26,27)23-2/h3-7,10-13,15,23H,8-9H2,1-2H3,(H,24,25)/b11-10+/t15-/m1/s1. The molecule has 10 heteroatoms. The molecule has 1 aliphatic carbocycles. The van der Waals surface area contributed by atoms with Crippen molar-refractivity contribution in [2.75, 3.05) is 7.05 Å². The summed E-state index contributed by atoms with van der Waals surface area (Å²) < 4.78 is 58.9. The molecule has 162 valence electrons. The quantitative estimate of drug-likeness (QED) is 0.592. The van der Waals surface area contributed by atoms with Crippen LogP contribution in [0.1, 0.15) is 34.3 Å². The number of ether oxygens (including phenoxy) is 1. The number of carbonyl (C=O) groups is 1. The summed E-state index contributed by atoms with van der Waals surface area (Å²) in [6.45, 7) is 0.755. The Morgan fingerprint density at radius 1 is 1.30 bits per heavy atom. The van der Waals surface area contributed by atoms with Gasteiger partial charge < -0.3 is 10.1 Å². The van der Waals surface area contributed by atoms with E-state index in [2.05, 4.69) is 10.0 Å². The van der Waals surface area contributed by atoms with Crippen LogP contribution in [0.5, 0.6) is 11.5 Å². The van der Waals surface area contributed by atoms with Crippen molar-refractivity contribution in [3.63, 3.8) is 0 Å². The minimum Gasteiger partial charge on any atom is -0.456 e. The topological polar surface area (TPSA) is 84.5 Å². The monoisotopic (exact) mass is 456 g/mol. The summed E-state index contributed by atoms with van der Waals surface area (Å²) in [6.07, 6.45) is 3.08. The third kappa shape index (κ3) is 5.87. The fraction of sp³-hybridized carbons (Fsp3) is 0.350. The largest absolute Gasteiger partial charge is 0.456 e. The van der Waals surface area contributed by atoms with Gasteiger partial charge >= 0.3 is 0 Å². The van der Waals surface area contributed by atoms with E-state index in [1.807, 2.05) is 0 Å². The Morgan fingerprint density at radius 2 is 1.97 bits per heavy atom. The maximum absolute atomic E-state index is 13.9. The van der Waals surface area contributed by atoms with Crippen LogP contribution in [-0.4, -0.2) is 27.4 Å². The van der Waals surface area contributed by atoms with Gasteiger partial charge in [-0.05, 0) is 44.0 Å². The first kappa shape index (κ1) is 22.4. The zero-order valence-corrected chi connectivity index (χ0v) is 18.0. The number of hydrogen-bond acceptors (Lipinski definition) is 5. The molecule has 2 aromatic rings. The number of rotatable bonds is 9. The Morgan fingerprint density at radius 3 is 2.53 bits per heavy atom. The fourth-order valence-corrected chi connectivity index (χ4v) is 4.12. The molecule has 3 rings (SSSR count). The lowest BCUT2D eigenvalue weighted by Crippen LogP contribution is -2.35. The van der Waals surface area contributed by atoms with E-state index in [1.165, 1.54) is 19.2 Å². The van der Waals surface area contributed by atoms with Crippen molar-refractivity contribution < 1.29 is 26.7 Å². The third-order valence-corrected chi connectivity index (χ3v) is 6.86. The lowest BCUT2D eigenvalue weighted by molar-refractivity contribution is 0.0214. The van der Waals surface area contributed by atoms with E-state index in [0.29, 0.717) is 17.1 Å². The molecule has 1 atom stereocenters. The predicted molar refractivity (Wildman–Crippen MR) is 112 cm³/mol. The third-order valence-electron chi connectivity index (χ3n) is 4.49. The highest BCUT2D eigenvalue weighted by Crippen LogP contribution is 2.41. The lowest BCUT2D eigenvalue weighted by Gasteiger charge is -2.14.